The molecule has 0 spiro atoms. The van der Waals surface area contributed by atoms with Crippen LogP contribution in [0.25, 0.3) is 0 Å². The van der Waals surface area contributed by atoms with E-state index in [0.29, 0.717) is 0 Å². The molecule has 0 bridgehead atoms. The van der Waals surface area contributed by atoms with Gasteiger partial charge in [0.05, 0.1) is 10.6 Å². The molecule has 0 amide bonds. The number of nitrogens with two attached hydrogens (primary N) is 2. The largest absolute Gasteiger partial charge is 0.399 e. The minimum atomic E-state index is -3.95. The van der Waals surface area contributed by atoms with Gasteiger partial charge in [0.15, 0.2) is 11.6 Å². The second-order valence-electron chi connectivity index (χ2n) is 4.06. The lowest BCUT2D eigenvalue weighted by atomic mass is 10.2. The first-order valence-electron chi connectivity index (χ1n) is 5.42. The second kappa shape index (κ2) is 5.06. The van der Waals surface area contributed by atoms with Crippen LogP contribution in [-0.2, 0) is 10.0 Å². The molecule has 0 aliphatic carbocycles. The van der Waals surface area contributed by atoms with Gasteiger partial charge >= 0.3 is 0 Å². The van der Waals surface area contributed by atoms with Crippen molar-refractivity contribution in [3.05, 3.63) is 48.0 Å². The predicted octanol–water partition coefficient (Wildman–Crippen LogP) is 1.94. The number of hydrogen-bond donors (Lipinski definition) is 3. The van der Waals surface area contributed by atoms with E-state index in [9.17, 15) is 17.2 Å². The third-order valence-corrected chi connectivity index (χ3v) is 3.38. The van der Waals surface area contributed by atoms with Gasteiger partial charge in [0.1, 0.15) is 0 Å². The Kier molecular flexibility index (Phi) is 3.60. The number of anilines is 3. The van der Waals surface area contributed by atoms with Crippen LogP contribution in [0.15, 0.2) is 41.3 Å². The van der Waals surface area contributed by atoms with E-state index in [0.717, 1.165) is 6.07 Å². The minimum absolute atomic E-state index is 0.121. The van der Waals surface area contributed by atoms with E-state index in [4.69, 9.17) is 10.9 Å². The van der Waals surface area contributed by atoms with Gasteiger partial charge in [-0.05, 0) is 30.3 Å². The first-order chi connectivity index (χ1) is 9.27. The number of primary sulfonamides is 1. The zero-order valence-electron chi connectivity index (χ0n) is 10.1. The first kappa shape index (κ1) is 14.2. The van der Waals surface area contributed by atoms with Crippen LogP contribution in [0.5, 0.6) is 0 Å². The van der Waals surface area contributed by atoms with Gasteiger partial charge in [-0.2, -0.15) is 0 Å². The van der Waals surface area contributed by atoms with E-state index in [1.165, 1.54) is 30.3 Å². The number of nitrogen functional groups attached to an aromatic ring is 1. The summed E-state index contributed by atoms with van der Waals surface area (Å²) >= 11 is 0. The molecule has 0 heterocycles. The Bertz CT molecular complexity index is 763. The van der Waals surface area contributed by atoms with Gasteiger partial charge in [-0.3, -0.25) is 0 Å². The van der Waals surface area contributed by atoms with Crippen molar-refractivity contribution in [2.75, 3.05) is 11.1 Å². The lowest BCUT2D eigenvalue weighted by Crippen LogP contribution is -2.13. The molecule has 2 aromatic carbocycles. The average molecular weight is 299 g/mol. The van der Waals surface area contributed by atoms with Crippen LogP contribution in [0.4, 0.5) is 25.8 Å². The summed E-state index contributed by atoms with van der Waals surface area (Å²) in [6.45, 7) is 0. The Balaban J connectivity index is 2.44. The Hall–Kier alpha value is -2.19. The number of sulfonamides is 1. The van der Waals surface area contributed by atoms with Crippen molar-refractivity contribution in [2.24, 2.45) is 5.14 Å². The molecule has 8 heteroatoms. The van der Waals surface area contributed by atoms with E-state index in [1.54, 1.807) is 0 Å². The summed E-state index contributed by atoms with van der Waals surface area (Å²) in [6.07, 6.45) is 0. The third kappa shape index (κ3) is 3.03. The highest BCUT2D eigenvalue weighted by atomic mass is 32.2. The number of hydrogen-bond acceptors (Lipinski definition) is 4. The van der Waals surface area contributed by atoms with E-state index in [1.807, 2.05) is 0 Å². The normalized spacial score (nSPS) is 11.3. The van der Waals surface area contributed by atoms with Crippen molar-refractivity contribution in [3.8, 4) is 0 Å². The lowest BCUT2D eigenvalue weighted by molar-refractivity contribution is 0.512. The van der Waals surface area contributed by atoms with Crippen LogP contribution >= 0.6 is 0 Å². The maximum Gasteiger partial charge on any atom is 0.238 e. The number of benzene rings is 2. The van der Waals surface area contributed by atoms with Crippen molar-refractivity contribution in [3.63, 3.8) is 0 Å². The molecule has 5 nitrogen and oxygen atoms in total. The smallest absolute Gasteiger partial charge is 0.238 e. The van der Waals surface area contributed by atoms with Crippen LogP contribution < -0.4 is 16.2 Å². The molecular formula is C12H11F2N3O2S. The quantitative estimate of drug-likeness (QED) is 0.754. The van der Waals surface area contributed by atoms with Crippen molar-refractivity contribution in [1.82, 2.24) is 0 Å². The van der Waals surface area contributed by atoms with Crippen LogP contribution in [0, 0.1) is 11.6 Å². The summed E-state index contributed by atoms with van der Waals surface area (Å²) in [4.78, 5) is -0.225. The Morgan fingerprint density at radius 1 is 1.10 bits per heavy atom. The fraction of sp³-hybridized carbons (Fsp3) is 0. The monoisotopic (exact) mass is 299 g/mol. The molecule has 0 aromatic heterocycles. The fourth-order valence-corrected chi connectivity index (χ4v) is 2.21. The second-order valence-corrected chi connectivity index (χ2v) is 5.62. The SMILES string of the molecule is Nc1cc(Nc2cccc(F)c2F)cc(S(N)(=O)=O)c1. The topological polar surface area (TPSA) is 98.2 Å². The molecule has 0 atom stereocenters. The average Bonchev–Trinajstić information content (AvgIpc) is 2.33. The van der Waals surface area contributed by atoms with Crippen LogP contribution in [0.1, 0.15) is 0 Å². The Morgan fingerprint density at radius 2 is 1.80 bits per heavy atom. The highest BCUT2D eigenvalue weighted by Gasteiger charge is 2.12. The first-order valence-corrected chi connectivity index (χ1v) is 6.96. The minimum Gasteiger partial charge on any atom is -0.399 e. The molecule has 2 aromatic rings. The van der Waals surface area contributed by atoms with Crippen LogP contribution in [0.3, 0.4) is 0 Å². The summed E-state index contributed by atoms with van der Waals surface area (Å²) in [5.74, 6) is -2.10. The molecule has 0 aliphatic heterocycles. The zero-order valence-corrected chi connectivity index (χ0v) is 10.9. The summed E-state index contributed by atoms with van der Waals surface area (Å²) in [6, 6.07) is 7.30. The van der Waals surface area contributed by atoms with Gasteiger partial charge in [0, 0.05) is 11.4 Å². The van der Waals surface area contributed by atoms with Gasteiger partial charge in [0.2, 0.25) is 10.0 Å². The molecule has 0 unspecified atom stereocenters. The Labute approximate surface area is 114 Å². The number of halogens is 2. The highest BCUT2D eigenvalue weighted by molar-refractivity contribution is 7.89. The van der Waals surface area contributed by atoms with Gasteiger partial charge in [0.25, 0.3) is 0 Å². The standard InChI is InChI=1S/C12H11F2N3O2S/c13-10-2-1-3-11(12(10)14)17-8-4-7(15)5-9(6-8)20(16,18)19/h1-6,17H,15H2,(H2,16,18,19). The summed E-state index contributed by atoms with van der Waals surface area (Å²) in [5, 5.41) is 7.55. The maximum atomic E-state index is 13.5. The lowest BCUT2D eigenvalue weighted by Gasteiger charge is -2.10. The van der Waals surface area contributed by atoms with E-state index >= 15 is 0 Å². The molecule has 0 fully saturated rings. The van der Waals surface area contributed by atoms with Crippen molar-refractivity contribution < 1.29 is 17.2 Å². The molecule has 0 aliphatic rings. The third-order valence-electron chi connectivity index (χ3n) is 2.49. The van der Waals surface area contributed by atoms with Crippen LogP contribution in [-0.4, -0.2) is 8.42 Å². The molecule has 5 N–H and O–H groups in total. The van der Waals surface area contributed by atoms with Crippen LogP contribution in [0.2, 0.25) is 0 Å². The van der Waals surface area contributed by atoms with Gasteiger partial charge in [-0.15, -0.1) is 0 Å². The fourth-order valence-electron chi connectivity index (χ4n) is 1.61. The number of nitrogens with one attached hydrogen (secondary N) is 1. The zero-order chi connectivity index (χ0) is 14.9. The summed E-state index contributed by atoms with van der Waals surface area (Å²) in [7, 11) is -3.95. The molecular weight excluding hydrogens is 288 g/mol. The van der Waals surface area contributed by atoms with Gasteiger partial charge < -0.3 is 11.1 Å². The predicted molar refractivity (Wildman–Crippen MR) is 71.9 cm³/mol. The molecule has 0 radical (unpaired) electrons. The molecule has 0 saturated carbocycles. The van der Waals surface area contributed by atoms with Gasteiger partial charge in [-0.25, -0.2) is 22.3 Å². The number of rotatable bonds is 3. The van der Waals surface area contributed by atoms with Crippen molar-refractivity contribution in [2.45, 2.75) is 4.90 Å². The molecule has 2 rings (SSSR count). The summed E-state index contributed by atoms with van der Waals surface area (Å²) in [5.41, 5.74) is 5.71. The van der Waals surface area contributed by atoms with Gasteiger partial charge in [-0.1, -0.05) is 6.07 Å². The molecule has 106 valence electrons. The maximum absolute atomic E-state index is 13.5. The van der Waals surface area contributed by atoms with Crippen molar-refractivity contribution in [1.29, 1.82) is 0 Å². The van der Waals surface area contributed by atoms with Crippen molar-refractivity contribution >= 4 is 27.1 Å². The van der Waals surface area contributed by atoms with E-state index < -0.39 is 21.7 Å². The van der Waals surface area contributed by atoms with E-state index in [2.05, 4.69) is 5.32 Å². The molecule has 20 heavy (non-hydrogen) atoms. The van der Waals surface area contributed by atoms with E-state index in [-0.39, 0.29) is 22.0 Å². The molecule has 0 saturated heterocycles. The highest BCUT2D eigenvalue weighted by Crippen LogP contribution is 2.25. The Morgan fingerprint density at radius 3 is 2.45 bits per heavy atom. The summed E-state index contributed by atoms with van der Waals surface area (Å²) < 4.78 is 49.1.